The van der Waals surface area contributed by atoms with Gasteiger partial charge in [0.15, 0.2) is 0 Å². The Bertz CT molecular complexity index is 580. The number of rotatable bonds is 3. The van der Waals surface area contributed by atoms with Crippen LogP contribution in [0.25, 0.3) is 10.9 Å². The molecule has 17 heavy (non-hydrogen) atoms. The van der Waals surface area contributed by atoms with Gasteiger partial charge in [-0.25, -0.2) is 0 Å². The number of hydrogen-bond acceptors (Lipinski definition) is 2. The highest BCUT2D eigenvalue weighted by atomic mass is 35.5. The van der Waals surface area contributed by atoms with Crippen LogP contribution in [0.2, 0.25) is 0 Å². The van der Waals surface area contributed by atoms with E-state index in [-0.39, 0.29) is 12.5 Å². The molecule has 2 rings (SSSR count). The lowest BCUT2D eigenvalue weighted by Crippen LogP contribution is -2.24. The first-order valence-electron chi connectivity index (χ1n) is 5.13. The van der Waals surface area contributed by atoms with E-state index in [1.54, 1.807) is 18.3 Å². The van der Waals surface area contributed by atoms with E-state index in [0.29, 0.717) is 10.6 Å². The van der Waals surface area contributed by atoms with Gasteiger partial charge in [0, 0.05) is 22.2 Å². The fourth-order valence-electron chi connectivity index (χ4n) is 1.50. The maximum Gasteiger partial charge on any atom is 0.251 e. The molecule has 0 aliphatic heterocycles. The number of aromatic nitrogens is 1. The molecule has 0 saturated heterocycles. The lowest BCUT2D eigenvalue weighted by Gasteiger charge is -2.04. The van der Waals surface area contributed by atoms with Crippen molar-refractivity contribution in [2.75, 3.05) is 6.54 Å². The molecule has 86 valence electrons. The van der Waals surface area contributed by atoms with Gasteiger partial charge in [0.05, 0.1) is 12.1 Å². The minimum atomic E-state index is -0.169. The van der Waals surface area contributed by atoms with Crippen molar-refractivity contribution in [1.82, 2.24) is 10.3 Å². The SMILES string of the molecule is C=C(Cl)CNC(=O)c1ccc2ncccc2c1. The van der Waals surface area contributed by atoms with Crippen LogP contribution in [0.4, 0.5) is 0 Å². The zero-order chi connectivity index (χ0) is 12.3. The number of hydrogen-bond donors (Lipinski definition) is 1. The second-order valence-electron chi connectivity index (χ2n) is 3.61. The van der Waals surface area contributed by atoms with Crippen molar-refractivity contribution in [2.24, 2.45) is 0 Å². The molecule has 0 atom stereocenters. The third-order valence-electron chi connectivity index (χ3n) is 2.31. The fraction of sp³-hybridized carbons (Fsp3) is 0.0769. The van der Waals surface area contributed by atoms with Crippen LogP contribution in [0.1, 0.15) is 10.4 Å². The molecule has 1 aromatic carbocycles. The van der Waals surface area contributed by atoms with E-state index < -0.39 is 0 Å². The Morgan fingerprint density at radius 1 is 1.41 bits per heavy atom. The second-order valence-corrected chi connectivity index (χ2v) is 4.15. The molecule has 0 aliphatic carbocycles. The second kappa shape index (κ2) is 4.97. The lowest BCUT2D eigenvalue weighted by molar-refractivity contribution is 0.0958. The summed E-state index contributed by atoms with van der Waals surface area (Å²) >= 11 is 5.59. The third kappa shape index (κ3) is 2.82. The molecule has 0 spiro atoms. The van der Waals surface area contributed by atoms with Crippen molar-refractivity contribution < 1.29 is 4.79 Å². The maximum absolute atomic E-state index is 11.8. The molecule has 2 aromatic rings. The zero-order valence-corrected chi connectivity index (χ0v) is 9.87. The van der Waals surface area contributed by atoms with Crippen LogP contribution in [-0.2, 0) is 0 Å². The summed E-state index contributed by atoms with van der Waals surface area (Å²) in [7, 11) is 0. The molecule has 1 heterocycles. The highest BCUT2D eigenvalue weighted by Gasteiger charge is 2.05. The normalized spacial score (nSPS) is 10.2. The third-order valence-corrected chi connectivity index (χ3v) is 2.44. The summed E-state index contributed by atoms with van der Waals surface area (Å²) in [6.45, 7) is 3.78. The Morgan fingerprint density at radius 2 is 2.24 bits per heavy atom. The van der Waals surface area contributed by atoms with Crippen LogP contribution in [0, 0.1) is 0 Å². The number of amides is 1. The number of carbonyl (C=O) groups excluding carboxylic acids is 1. The van der Waals surface area contributed by atoms with Gasteiger partial charge in [-0.15, -0.1) is 0 Å². The summed E-state index contributed by atoms with van der Waals surface area (Å²) in [5, 5.41) is 4.01. The Balaban J connectivity index is 2.24. The molecule has 0 aliphatic rings. The Morgan fingerprint density at radius 3 is 3.00 bits per heavy atom. The minimum Gasteiger partial charge on any atom is -0.347 e. The first-order chi connectivity index (χ1) is 8.16. The van der Waals surface area contributed by atoms with Crippen LogP contribution >= 0.6 is 11.6 Å². The fourth-order valence-corrected chi connectivity index (χ4v) is 1.56. The van der Waals surface area contributed by atoms with Gasteiger partial charge in [0.2, 0.25) is 0 Å². The van der Waals surface area contributed by atoms with Crippen molar-refractivity contribution in [1.29, 1.82) is 0 Å². The standard InChI is InChI=1S/C13H11ClN2O/c1-9(14)8-16-13(17)11-4-5-12-10(7-11)3-2-6-15-12/h2-7H,1,8H2,(H,16,17). The number of benzene rings is 1. The quantitative estimate of drug-likeness (QED) is 0.905. The number of pyridine rings is 1. The Kier molecular flexibility index (Phi) is 3.40. The molecule has 0 radical (unpaired) electrons. The number of nitrogens with one attached hydrogen (secondary N) is 1. The Hall–Kier alpha value is -1.87. The Labute approximate surface area is 104 Å². The average Bonchev–Trinajstić information content (AvgIpc) is 2.35. The van der Waals surface area contributed by atoms with Crippen LogP contribution < -0.4 is 5.32 Å². The van der Waals surface area contributed by atoms with Gasteiger partial charge in [-0.3, -0.25) is 9.78 Å². The molecule has 0 bridgehead atoms. The summed E-state index contributed by atoms with van der Waals surface area (Å²) in [6.07, 6.45) is 1.72. The molecular formula is C13H11ClN2O. The summed E-state index contributed by atoms with van der Waals surface area (Å²) in [5.74, 6) is -0.169. The van der Waals surface area contributed by atoms with Gasteiger partial charge >= 0.3 is 0 Å². The predicted octanol–water partition coefficient (Wildman–Crippen LogP) is 2.72. The molecule has 0 unspecified atom stereocenters. The molecule has 3 nitrogen and oxygen atoms in total. The maximum atomic E-state index is 11.8. The van der Waals surface area contributed by atoms with E-state index in [1.807, 2.05) is 18.2 Å². The molecule has 0 saturated carbocycles. The highest BCUT2D eigenvalue weighted by Crippen LogP contribution is 2.13. The van der Waals surface area contributed by atoms with Crippen LogP contribution in [0.3, 0.4) is 0 Å². The van der Waals surface area contributed by atoms with E-state index in [0.717, 1.165) is 10.9 Å². The molecule has 0 fully saturated rings. The predicted molar refractivity (Wildman–Crippen MR) is 69.1 cm³/mol. The van der Waals surface area contributed by atoms with Gasteiger partial charge in [-0.2, -0.15) is 0 Å². The molecule has 1 aromatic heterocycles. The number of halogens is 1. The topological polar surface area (TPSA) is 42.0 Å². The van der Waals surface area contributed by atoms with E-state index in [1.165, 1.54) is 0 Å². The summed E-state index contributed by atoms with van der Waals surface area (Å²) in [6, 6.07) is 9.11. The highest BCUT2D eigenvalue weighted by molar-refractivity contribution is 6.29. The average molecular weight is 247 g/mol. The van der Waals surface area contributed by atoms with Crippen molar-refractivity contribution >= 4 is 28.4 Å². The number of nitrogens with zero attached hydrogens (tertiary/aromatic N) is 1. The van der Waals surface area contributed by atoms with E-state index in [2.05, 4.69) is 16.9 Å². The van der Waals surface area contributed by atoms with Crippen LogP contribution in [-0.4, -0.2) is 17.4 Å². The number of fused-ring (bicyclic) bond motifs is 1. The summed E-state index contributed by atoms with van der Waals surface area (Å²) < 4.78 is 0. The van der Waals surface area contributed by atoms with Crippen molar-refractivity contribution in [2.45, 2.75) is 0 Å². The van der Waals surface area contributed by atoms with Crippen molar-refractivity contribution in [3.63, 3.8) is 0 Å². The summed E-state index contributed by atoms with van der Waals surface area (Å²) in [4.78, 5) is 16.0. The monoisotopic (exact) mass is 246 g/mol. The van der Waals surface area contributed by atoms with Gasteiger partial charge in [-0.05, 0) is 24.3 Å². The van der Waals surface area contributed by atoms with Gasteiger partial charge in [0.25, 0.3) is 5.91 Å². The smallest absolute Gasteiger partial charge is 0.251 e. The summed E-state index contributed by atoms with van der Waals surface area (Å²) in [5.41, 5.74) is 1.45. The van der Waals surface area contributed by atoms with Crippen molar-refractivity contribution in [3.05, 3.63) is 53.7 Å². The van der Waals surface area contributed by atoms with E-state index in [4.69, 9.17) is 11.6 Å². The first-order valence-corrected chi connectivity index (χ1v) is 5.51. The van der Waals surface area contributed by atoms with Crippen molar-refractivity contribution in [3.8, 4) is 0 Å². The van der Waals surface area contributed by atoms with Crippen LogP contribution in [0.15, 0.2) is 48.1 Å². The largest absolute Gasteiger partial charge is 0.347 e. The van der Waals surface area contributed by atoms with Gasteiger partial charge in [0.1, 0.15) is 0 Å². The lowest BCUT2D eigenvalue weighted by atomic mass is 10.1. The van der Waals surface area contributed by atoms with Gasteiger partial charge in [-0.1, -0.05) is 24.2 Å². The molecular weight excluding hydrogens is 236 g/mol. The molecule has 1 amide bonds. The van der Waals surface area contributed by atoms with E-state index >= 15 is 0 Å². The first kappa shape index (κ1) is 11.6. The molecule has 1 N–H and O–H groups in total. The van der Waals surface area contributed by atoms with E-state index in [9.17, 15) is 4.79 Å². The minimum absolute atomic E-state index is 0.169. The van der Waals surface area contributed by atoms with Gasteiger partial charge < -0.3 is 5.32 Å². The zero-order valence-electron chi connectivity index (χ0n) is 9.11. The number of carbonyl (C=O) groups is 1. The van der Waals surface area contributed by atoms with Crippen LogP contribution in [0.5, 0.6) is 0 Å². The molecule has 4 heteroatoms.